The van der Waals surface area contributed by atoms with Crippen LogP contribution in [0.4, 0.5) is 24.1 Å². The lowest BCUT2D eigenvalue weighted by molar-refractivity contribution is -0.0381. The van der Waals surface area contributed by atoms with E-state index < -0.39 is 29.3 Å². The van der Waals surface area contributed by atoms with Crippen LogP contribution in [-0.2, 0) is 9.47 Å². The lowest BCUT2D eigenvalue weighted by Crippen LogP contribution is -2.44. The molecule has 0 spiro atoms. The summed E-state index contributed by atoms with van der Waals surface area (Å²) >= 11 is 0. The van der Waals surface area contributed by atoms with E-state index in [4.69, 9.17) is 9.47 Å². The Bertz CT molecular complexity index is 967. The fraction of sp³-hybridized carbons (Fsp3) is 0.609. The van der Waals surface area contributed by atoms with Crippen LogP contribution in [0.5, 0.6) is 0 Å². The number of fused-ring (bicyclic) bond motifs is 1. The summed E-state index contributed by atoms with van der Waals surface area (Å²) in [5.41, 5.74) is -0.133. The molecule has 2 amide bonds. The van der Waals surface area contributed by atoms with Crippen LogP contribution in [0, 0.1) is 0 Å². The summed E-state index contributed by atoms with van der Waals surface area (Å²) in [6.45, 7) is 10.2. The van der Waals surface area contributed by atoms with Crippen molar-refractivity contribution in [1.82, 2.24) is 9.38 Å². The predicted octanol–water partition coefficient (Wildman–Crippen LogP) is 6.30. The van der Waals surface area contributed by atoms with E-state index in [1.807, 2.05) is 0 Å². The lowest BCUT2D eigenvalue weighted by atomic mass is 9.82. The Balaban J connectivity index is 2.06. The summed E-state index contributed by atoms with van der Waals surface area (Å²) < 4.78 is 40.1. The second-order valence-corrected chi connectivity index (χ2v) is 10.2. The van der Waals surface area contributed by atoms with Crippen LogP contribution in [0.25, 0.3) is 5.65 Å². The van der Waals surface area contributed by atoms with Gasteiger partial charge in [-0.2, -0.15) is 4.90 Å². The van der Waals surface area contributed by atoms with Crippen molar-refractivity contribution in [2.45, 2.75) is 90.3 Å². The van der Waals surface area contributed by atoms with Gasteiger partial charge in [0.2, 0.25) is 5.92 Å². The van der Waals surface area contributed by atoms with E-state index in [1.54, 1.807) is 70.6 Å². The topological polar surface area (TPSA) is 73.1 Å². The number of carbonyl (C=O) groups excluding carboxylic acids is 2. The van der Waals surface area contributed by atoms with Crippen LogP contribution < -0.4 is 4.90 Å². The number of nitrogens with zero attached hydrogens (tertiary/aromatic N) is 3. The zero-order valence-corrected chi connectivity index (χ0v) is 19.4. The first-order valence-electron chi connectivity index (χ1n) is 10.8. The third-order valence-corrected chi connectivity index (χ3v) is 5.07. The quantitative estimate of drug-likeness (QED) is 0.535. The zero-order valence-electron chi connectivity index (χ0n) is 19.4. The Morgan fingerprint density at radius 1 is 1.06 bits per heavy atom. The number of alkyl halides is 2. The number of imidazole rings is 1. The smallest absolute Gasteiger partial charge is 0.424 e. The van der Waals surface area contributed by atoms with E-state index in [0.29, 0.717) is 11.2 Å². The van der Waals surface area contributed by atoms with Crippen LogP contribution in [0.1, 0.15) is 78.7 Å². The monoisotopic (exact) mass is 451 g/mol. The largest absolute Gasteiger partial charge is 0.443 e. The van der Waals surface area contributed by atoms with Crippen LogP contribution in [-0.4, -0.2) is 38.7 Å². The number of ether oxygens (including phenoxy) is 2. The molecule has 0 N–H and O–H groups in total. The molecule has 0 radical (unpaired) electrons. The van der Waals surface area contributed by atoms with Gasteiger partial charge in [-0.05, 0) is 66.4 Å². The number of carbonyl (C=O) groups is 2. The molecule has 2 heterocycles. The number of rotatable bonds is 2. The molecule has 0 atom stereocenters. The van der Waals surface area contributed by atoms with Crippen LogP contribution in [0.2, 0.25) is 0 Å². The number of pyridine rings is 1. The molecule has 1 aliphatic rings. The van der Waals surface area contributed by atoms with Gasteiger partial charge in [-0.15, -0.1) is 0 Å². The molecule has 0 bridgehead atoms. The van der Waals surface area contributed by atoms with Gasteiger partial charge in [0, 0.05) is 37.0 Å². The molecule has 0 aliphatic heterocycles. The summed E-state index contributed by atoms with van der Waals surface area (Å²) in [4.78, 5) is 31.2. The van der Waals surface area contributed by atoms with E-state index in [1.165, 1.54) is 0 Å². The molecule has 9 heteroatoms. The molecule has 0 saturated heterocycles. The second kappa shape index (κ2) is 8.33. The molecule has 1 saturated carbocycles. The SMILES string of the molecule is CC(C)(C)OC(=O)N(C(=O)OC(C)(C)C)c1cc(C2CCC(F)(F)CC2)c2nccn2c1. The van der Waals surface area contributed by atoms with Gasteiger partial charge in [-0.3, -0.25) is 0 Å². The summed E-state index contributed by atoms with van der Waals surface area (Å²) in [6, 6.07) is 1.66. The molecule has 2 aromatic rings. The Morgan fingerprint density at radius 2 is 1.59 bits per heavy atom. The molecule has 0 aromatic carbocycles. The minimum absolute atomic E-state index is 0.168. The Labute approximate surface area is 186 Å². The summed E-state index contributed by atoms with van der Waals surface area (Å²) in [6.07, 6.45) is 3.24. The van der Waals surface area contributed by atoms with Crippen LogP contribution >= 0.6 is 0 Å². The zero-order chi connectivity index (χ0) is 23.9. The Kier molecular flexibility index (Phi) is 6.23. The Hall–Kier alpha value is -2.71. The van der Waals surface area contributed by atoms with Crippen molar-refractivity contribution in [2.24, 2.45) is 0 Å². The first kappa shape index (κ1) is 23.9. The first-order chi connectivity index (χ1) is 14.7. The third kappa shape index (κ3) is 5.75. The van der Waals surface area contributed by atoms with E-state index in [-0.39, 0.29) is 37.3 Å². The number of hydrogen-bond donors (Lipinski definition) is 0. The van der Waals surface area contributed by atoms with Gasteiger partial charge in [0.15, 0.2) is 0 Å². The van der Waals surface area contributed by atoms with Gasteiger partial charge < -0.3 is 13.9 Å². The van der Waals surface area contributed by atoms with Crippen molar-refractivity contribution in [1.29, 1.82) is 0 Å². The van der Waals surface area contributed by atoms with Gasteiger partial charge in [0.05, 0.1) is 5.69 Å². The highest BCUT2D eigenvalue weighted by molar-refractivity contribution is 6.09. The van der Waals surface area contributed by atoms with Gasteiger partial charge >= 0.3 is 12.2 Å². The van der Waals surface area contributed by atoms with Gasteiger partial charge in [0.25, 0.3) is 0 Å². The molecule has 1 fully saturated rings. The number of hydrogen-bond acceptors (Lipinski definition) is 5. The number of amides is 2. The van der Waals surface area contributed by atoms with Crippen LogP contribution in [0.15, 0.2) is 24.7 Å². The molecule has 176 valence electrons. The summed E-state index contributed by atoms with van der Waals surface area (Å²) in [5, 5.41) is 0. The molecular weight excluding hydrogens is 420 g/mol. The van der Waals surface area contributed by atoms with Gasteiger partial charge in [-0.1, -0.05) is 0 Å². The lowest BCUT2D eigenvalue weighted by Gasteiger charge is -2.31. The maximum Gasteiger partial charge on any atom is 0.424 e. The number of anilines is 1. The molecule has 0 unspecified atom stereocenters. The standard InChI is InChI=1S/C23H31F2N3O4/c1-21(2,3)31-19(29)28(20(30)32-22(4,5)6)16-13-17(18-26-11-12-27(18)14-16)15-7-9-23(24,25)10-8-15/h11-15H,7-10H2,1-6H3. The predicted molar refractivity (Wildman–Crippen MR) is 116 cm³/mol. The molecule has 32 heavy (non-hydrogen) atoms. The molecule has 2 aromatic heterocycles. The highest BCUT2D eigenvalue weighted by atomic mass is 19.3. The van der Waals surface area contributed by atoms with E-state index in [0.717, 1.165) is 4.90 Å². The average molecular weight is 452 g/mol. The summed E-state index contributed by atoms with van der Waals surface area (Å²) in [5.74, 6) is -2.84. The Morgan fingerprint density at radius 3 is 2.09 bits per heavy atom. The highest BCUT2D eigenvalue weighted by Crippen LogP contribution is 2.42. The average Bonchev–Trinajstić information content (AvgIpc) is 3.06. The van der Waals surface area contributed by atoms with Crippen molar-refractivity contribution in [3.63, 3.8) is 0 Å². The van der Waals surface area contributed by atoms with E-state index in [9.17, 15) is 18.4 Å². The van der Waals surface area contributed by atoms with Gasteiger partial charge in [-0.25, -0.2) is 23.4 Å². The minimum atomic E-state index is -2.67. The van der Waals surface area contributed by atoms with E-state index >= 15 is 0 Å². The minimum Gasteiger partial charge on any atom is -0.443 e. The summed E-state index contributed by atoms with van der Waals surface area (Å²) in [7, 11) is 0. The van der Waals surface area contributed by atoms with Crippen molar-refractivity contribution in [3.05, 3.63) is 30.2 Å². The highest BCUT2D eigenvalue weighted by Gasteiger charge is 2.37. The first-order valence-corrected chi connectivity index (χ1v) is 10.8. The molecule has 7 nitrogen and oxygen atoms in total. The maximum absolute atomic E-state index is 13.7. The van der Waals surface area contributed by atoms with Crippen molar-refractivity contribution in [3.8, 4) is 0 Å². The number of halogens is 2. The molecule has 1 aliphatic carbocycles. The fourth-order valence-electron chi connectivity index (χ4n) is 3.72. The molecular formula is C23H31F2N3O4. The molecule has 3 rings (SSSR count). The third-order valence-electron chi connectivity index (χ3n) is 5.07. The number of aromatic nitrogens is 2. The number of imide groups is 1. The van der Waals surface area contributed by atoms with Crippen molar-refractivity contribution < 1.29 is 27.8 Å². The van der Waals surface area contributed by atoms with Crippen molar-refractivity contribution >= 4 is 23.5 Å². The van der Waals surface area contributed by atoms with Crippen LogP contribution in [0.3, 0.4) is 0 Å². The normalized spacial score (nSPS) is 17.2. The fourth-order valence-corrected chi connectivity index (χ4v) is 3.72. The van der Waals surface area contributed by atoms with Gasteiger partial charge in [0.1, 0.15) is 16.8 Å². The van der Waals surface area contributed by atoms with E-state index in [2.05, 4.69) is 4.98 Å². The maximum atomic E-state index is 13.7. The van der Waals surface area contributed by atoms with Crippen molar-refractivity contribution in [2.75, 3.05) is 4.90 Å². The second-order valence-electron chi connectivity index (χ2n) is 10.2.